The van der Waals surface area contributed by atoms with Gasteiger partial charge >= 0.3 is 0 Å². The van der Waals surface area contributed by atoms with Crippen molar-refractivity contribution in [3.05, 3.63) is 77.7 Å². The van der Waals surface area contributed by atoms with Crippen LogP contribution in [0.5, 0.6) is 0 Å². The molecule has 0 saturated heterocycles. The average Bonchev–Trinajstić information content (AvgIpc) is 3.03. The normalized spacial score (nSPS) is 12.3. The highest BCUT2D eigenvalue weighted by atomic mass is 15.3. The molecule has 4 rings (SSSR count). The van der Waals surface area contributed by atoms with Gasteiger partial charge in [-0.15, -0.1) is 0 Å². The second-order valence-electron chi connectivity index (χ2n) is 6.57. The van der Waals surface area contributed by atoms with Crippen molar-refractivity contribution in [3.8, 4) is 11.3 Å². The van der Waals surface area contributed by atoms with Gasteiger partial charge in [-0.05, 0) is 32.4 Å². The van der Waals surface area contributed by atoms with Gasteiger partial charge in [0.2, 0.25) is 0 Å². The third kappa shape index (κ3) is 3.16. The maximum absolute atomic E-state index is 4.76. The van der Waals surface area contributed by atoms with Crippen molar-refractivity contribution in [2.45, 2.75) is 26.8 Å². The molecule has 0 aliphatic heterocycles. The van der Waals surface area contributed by atoms with Crippen LogP contribution in [0, 0.1) is 13.8 Å². The Kier molecular flexibility index (Phi) is 4.13. The molecule has 0 unspecified atom stereocenters. The summed E-state index contributed by atoms with van der Waals surface area (Å²) in [6, 6.07) is 18.4. The number of hydrogen-bond donors (Lipinski definition) is 1. The van der Waals surface area contributed by atoms with Crippen LogP contribution in [0.1, 0.15) is 29.9 Å². The van der Waals surface area contributed by atoms with Gasteiger partial charge in [0.25, 0.3) is 0 Å². The zero-order valence-corrected chi connectivity index (χ0v) is 15.1. The van der Waals surface area contributed by atoms with Gasteiger partial charge in [-0.1, -0.05) is 36.4 Å². The molecule has 3 heterocycles. The summed E-state index contributed by atoms with van der Waals surface area (Å²) in [5.41, 5.74) is 5.91. The summed E-state index contributed by atoms with van der Waals surface area (Å²) >= 11 is 0. The van der Waals surface area contributed by atoms with E-state index in [4.69, 9.17) is 4.98 Å². The Morgan fingerprint density at radius 3 is 2.54 bits per heavy atom. The van der Waals surface area contributed by atoms with Crippen LogP contribution < -0.4 is 5.32 Å². The summed E-state index contributed by atoms with van der Waals surface area (Å²) in [7, 11) is 0. The first-order valence-corrected chi connectivity index (χ1v) is 8.72. The molecule has 5 nitrogen and oxygen atoms in total. The molecule has 4 aromatic rings. The summed E-state index contributed by atoms with van der Waals surface area (Å²) in [6.45, 7) is 6.12. The number of benzene rings is 1. The van der Waals surface area contributed by atoms with Crippen molar-refractivity contribution in [3.63, 3.8) is 0 Å². The molecule has 0 aliphatic rings. The summed E-state index contributed by atoms with van der Waals surface area (Å²) in [4.78, 5) is 9.30. The van der Waals surface area contributed by atoms with Crippen LogP contribution >= 0.6 is 0 Å². The Balaban J connectivity index is 1.76. The molecule has 0 spiro atoms. The number of pyridine rings is 1. The molecule has 0 amide bonds. The molecule has 130 valence electrons. The number of hydrogen-bond acceptors (Lipinski definition) is 4. The van der Waals surface area contributed by atoms with E-state index in [9.17, 15) is 0 Å². The molecule has 1 atom stereocenters. The van der Waals surface area contributed by atoms with Crippen LogP contribution in [0.4, 0.5) is 5.82 Å². The molecule has 3 aromatic heterocycles. The lowest BCUT2D eigenvalue weighted by atomic mass is 10.1. The highest BCUT2D eigenvalue weighted by Crippen LogP contribution is 2.25. The van der Waals surface area contributed by atoms with Crippen molar-refractivity contribution in [1.29, 1.82) is 0 Å². The number of aryl methyl sites for hydroxylation is 2. The number of rotatable bonds is 4. The van der Waals surface area contributed by atoms with E-state index in [-0.39, 0.29) is 6.04 Å². The van der Waals surface area contributed by atoms with E-state index in [1.165, 1.54) is 0 Å². The molecule has 0 bridgehead atoms. The van der Waals surface area contributed by atoms with E-state index in [2.05, 4.69) is 46.6 Å². The monoisotopic (exact) mass is 343 g/mol. The van der Waals surface area contributed by atoms with Crippen LogP contribution in [0.25, 0.3) is 16.9 Å². The Morgan fingerprint density at radius 2 is 1.81 bits per heavy atom. The highest BCUT2D eigenvalue weighted by Gasteiger charge is 2.13. The standard InChI is InChI=1S/C21H21N5/c1-14-9-10-18(22-13-14)16(3)23-21-12-19(17-7-5-4-6-8-17)24-20-11-15(2)25-26(20)21/h4-13,16,23H,1-3H3/t16-/m0/s1. The molecular formula is C21H21N5. The molecule has 0 saturated carbocycles. The van der Waals surface area contributed by atoms with Crippen LogP contribution in [-0.4, -0.2) is 19.6 Å². The fraction of sp³-hybridized carbons (Fsp3) is 0.190. The quantitative estimate of drug-likeness (QED) is 0.589. The number of anilines is 1. The van der Waals surface area contributed by atoms with Gasteiger partial charge in [0.1, 0.15) is 5.82 Å². The smallest absolute Gasteiger partial charge is 0.158 e. The van der Waals surface area contributed by atoms with E-state index in [1.807, 2.05) is 54.9 Å². The van der Waals surface area contributed by atoms with E-state index >= 15 is 0 Å². The van der Waals surface area contributed by atoms with Gasteiger partial charge in [0.05, 0.1) is 23.1 Å². The molecule has 1 N–H and O–H groups in total. The first-order valence-electron chi connectivity index (χ1n) is 8.72. The zero-order valence-electron chi connectivity index (χ0n) is 15.1. The third-order valence-electron chi connectivity index (χ3n) is 4.36. The van der Waals surface area contributed by atoms with Crippen molar-refractivity contribution in [2.24, 2.45) is 0 Å². The SMILES string of the molecule is Cc1ccc([C@H](C)Nc2cc(-c3ccccc3)nc3cc(C)nn23)nc1. The fourth-order valence-corrected chi connectivity index (χ4v) is 2.98. The Labute approximate surface area is 152 Å². The predicted molar refractivity (Wildman–Crippen MR) is 104 cm³/mol. The number of nitrogens with zero attached hydrogens (tertiary/aromatic N) is 4. The molecule has 0 radical (unpaired) electrons. The fourth-order valence-electron chi connectivity index (χ4n) is 2.98. The van der Waals surface area contributed by atoms with Crippen molar-refractivity contribution < 1.29 is 0 Å². The minimum atomic E-state index is 0.0503. The second kappa shape index (κ2) is 6.59. The Bertz CT molecular complexity index is 1040. The van der Waals surface area contributed by atoms with Gasteiger partial charge < -0.3 is 5.32 Å². The van der Waals surface area contributed by atoms with Crippen molar-refractivity contribution in [1.82, 2.24) is 19.6 Å². The first kappa shape index (κ1) is 16.3. The van der Waals surface area contributed by atoms with Gasteiger partial charge in [-0.25, -0.2) is 4.98 Å². The average molecular weight is 343 g/mol. The summed E-state index contributed by atoms with van der Waals surface area (Å²) in [6.07, 6.45) is 1.89. The van der Waals surface area contributed by atoms with Gasteiger partial charge in [-0.3, -0.25) is 4.98 Å². The lowest BCUT2D eigenvalue weighted by Crippen LogP contribution is -2.12. The van der Waals surface area contributed by atoms with E-state index in [0.717, 1.165) is 39.7 Å². The largest absolute Gasteiger partial charge is 0.362 e. The van der Waals surface area contributed by atoms with Crippen LogP contribution in [0.3, 0.4) is 0 Å². The maximum atomic E-state index is 4.76. The third-order valence-corrected chi connectivity index (χ3v) is 4.36. The minimum Gasteiger partial charge on any atom is -0.362 e. The lowest BCUT2D eigenvalue weighted by Gasteiger charge is -2.16. The van der Waals surface area contributed by atoms with Gasteiger partial charge in [-0.2, -0.15) is 9.61 Å². The summed E-state index contributed by atoms with van der Waals surface area (Å²) in [5, 5.41) is 8.12. The number of aromatic nitrogens is 4. The number of nitrogens with one attached hydrogen (secondary N) is 1. The highest BCUT2D eigenvalue weighted by molar-refractivity contribution is 5.66. The number of fused-ring (bicyclic) bond motifs is 1. The molecule has 5 heteroatoms. The van der Waals surface area contributed by atoms with Gasteiger partial charge in [0.15, 0.2) is 5.65 Å². The van der Waals surface area contributed by atoms with Crippen molar-refractivity contribution >= 4 is 11.5 Å². The lowest BCUT2D eigenvalue weighted by molar-refractivity contribution is 0.807. The van der Waals surface area contributed by atoms with E-state index < -0.39 is 0 Å². The molecule has 26 heavy (non-hydrogen) atoms. The van der Waals surface area contributed by atoms with E-state index in [0.29, 0.717) is 0 Å². The molecule has 0 fully saturated rings. The van der Waals surface area contributed by atoms with Crippen LogP contribution in [0.2, 0.25) is 0 Å². The molecular weight excluding hydrogens is 322 g/mol. The topological polar surface area (TPSA) is 55.1 Å². The second-order valence-corrected chi connectivity index (χ2v) is 6.57. The predicted octanol–water partition coefficient (Wildman–Crippen LogP) is 4.58. The van der Waals surface area contributed by atoms with Crippen LogP contribution in [-0.2, 0) is 0 Å². The summed E-state index contributed by atoms with van der Waals surface area (Å²) < 4.78 is 1.85. The summed E-state index contributed by atoms with van der Waals surface area (Å²) in [5.74, 6) is 0.900. The minimum absolute atomic E-state index is 0.0503. The van der Waals surface area contributed by atoms with Crippen molar-refractivity contribution in [2.75, 3.05) is 5.32 Å². The van der Waals surface area contributed by atoms with Gasteiger partial charge in [0, 0.05) is 23.9 Å². The molecule has 0 aliphatic carbocycles. The Morgan fingerprint density at radius 1 is 1.00 bits per heavy atom. The zero-order chi connectivity index (χ0) is 18.1. The first-order chi connectivity index (χ1) is 12.6. The Hall–Kier alpha value is -3.21. The van der Waals surface area contributed by atoms with E-state index in [1.54, 1.807) is 0 Å². The van der Waals surface area contributed by atoms with Crippen LogP contribution in [0.15, 0.2) is 60.8 Å². The molecule has 1 aromatic carbocycles. The maximum Gasteiger partial charge on any atom is 0.158 e.